The predicted molar refractivity (Wildman–Crippen MR) is 71.1 cm³/mol. The van der Waals surface area contributed by atoms with Gasteiger partial charge in [-0.15, -0.1) is 0 Å². The Bertz CT molecular complexity index is 222. The van der Waals surface area contributed by atoms with Crippen molar-refractivity contribution in [2.45, 2.75) is 71.6 Å². The van der Waals surface area contributed by atoms with E-state index >= 15 is 0 Å². The Morgan fingerprint density at radius 2 is 2.12 bits per heavy atom. The first-order valence-electron chi connectivity index (χ1n) is 7.10. The molecular weight excluding hydrogens is 214 g/mol. The minimum absolute atomic E-state index is 0.263. The fourth-order valence-electron chi connectivity index (χ4n) is 2.85. The third-order valence-corrected chi connectivity index (χ3v) is 4.52. The maximum Gasteiger partial charge on any atom is 0.0658 e. The lowest BCUT2D eigenvalue weighted by molar-refractivity contribution is -0.128. The average Bonchev–Trinajstić information content (AvgIpc) is 2.35. The van der Waals surface area contributed by atoms with Crippen LogP contribution in [-0.4, -0.2) is 36.5 Å². The number of hydrogen-bond acceptors (Lipinski definition) is 3. The molecule has 0 radical (unpaired) electrons. The zero-order valence-corrected chi connectivity index (χ0v) is 11.8. The Hall–Kier alpha value is -0.120. The van der Waals surface area contributed by atoms with Gasteiger partial charge < -0.3 is 15.2 Å². The van der Waals surface area contributed by atoms with Crippen LogP contribution in [0.15, 0.2) is 0 Å². The van der Waals surface area contributed by atoms with Gasteiger partial charge in [-0.25, -0.2) is 0 Å². The molecule has 3 nitrogen and oxygen atoms in total. The third kappa shape index (κ3) is 3.21. The summed E-state index contributed by atoms with van der Waals surface area (Å²) in [4.78, 5) is 0. The van der Waals surface area contributed by atoms with Gasteiger partial charge in [-0.1, -0.05) is 20.8 Å². The lowest BCUT2D eigenvalue weighted by Crippen LogP contribution is -2.63. The molecule has 0 saturated heterocycles. The number of aliphatic hydroxyl groups excluding tert-OH is 1. The molecule has 0 aromatic heterocycles. The molecule has 2 N–H and O–H groups in total. The molecule has 0 spiro atoms. The molecular formula is C14H29NO2. The van der Waals surface area contributed by atoms with E-state index in [-0.39, 0.29) is 12.0 Å². The average molecular weight is 243 g/mol. The zero-order chi connectivity index (χ0) is 12.9. The van der Waals surface area contributed by atoms with E-state index in [2.05, 4.69) is 33.0 Å². The second-order valence-electron chi connectivity index (χ2n) is 5.38. The summed E-state index contributed by atoms with van der Waals surface area (Å²) in [6.07, 6.45) is 4.59. The highest BCUT2D eigenvalue weighted by Crippen LogP contribution is 2.46. The van der Waals surface area contributed by atoms with Crippen molar-refractivity contribution < 1.29 is 9.84 Å². The Morgan fingerprint density at radius 1 is 1.41 bits per heavy atom. The van der Waals surface area contributed by atoms with Crippen molar-refractivity contribution in [3.05, 3.63) is 0 Å². The van der Waals surface area contributed by atoms with Crippen molar-refractivity contribution in [3.8, 4) is 0 Å². The van der Waals surface area contributed by atoms with Gasteiger partial charge in [0.2, 0.25) is 0 Å². The van der Waals surface area contributed by atoms with E-state index in [4.69, 9.17) is 9.84 Å². The molecule has 0 heterocycles. The van der Waals surface area contributed by atoms with Gasteiger partial charge >= 0.3 is 0 Å². The van der Waals surface area contributed by atoms with Crippen LogP contribution >= 0.6 is 0 Å². The monoisotopic (exact) mass is 243 g/mol. The van der Waals surface area contributed by atoms with Crippen molar-refractivity contribution in [1.82, 2.24) is 5.32 Å². The van der Waals surface area contributed by atoms with Gasteiger partial charge in [0.25, 0.3) is 0 Å². The summed E-state index contributed by atoms with van der Waals surface area (Å²) < 4.78 is 5.80. The summed E-state index contributed by atoms with van der Waals surface area (Å²) in [6.45, 7) is 9.89. The summed E-state index contributed by atoms with van der Waals surface area (Å²) in [7, 11) is 0. The van der Waals surface area contributed by atoms with Crippen molar-refractivity contribution >= 4 is 0 Å². The molecule has 0 aromatic rings. The largest absolute Gasteiger partial charge is 0.396 e. The summed E-state index contributed by atoms with van der Waals surface area (Å²) in [5, 5.41) is 12.7. The summed E-state index contributed by atoms with van der Waals surface area (Å²) in [5.41, 5.74) is 0.263. The molecule has 0 aliphatic heterocycles. The van der Waals surface area contributed by atoms with Crippen molar-refractivity contribution in [2.75, 3.05) is 13.2 Å². The van der Waals surface area contributed by atoms with E-state index in [1.165, 1.54) is 0 Å². The van der Waals surface area contributed by atoms with E-state index in [0.717, 1.165) is 32.3 Å². The molecule has 1 fully saturated rings. The molecule has 1 aliphatic carbocycles. The normalized spacial score (nSPS) is 34.4. The molecule has 1 saturated carbocycles. The molecule has 0 aromatic carbocycles. The smallest absolute Gasteiger partial charge is 0.0658 e. The highest BCUT2D eigenvalue weighted by Gasteiger charge is 2.51. The first-order chi connectivity index (χ1) is 8.12. The van der Waals surface area contributed by atoms with E-state index < -0.39 is 0 Å². The van der Waals surface area contributed by atoms with Crippen LogP contribution in [0, 0.1) is 5.41 Å². The van der Waals surface area contributed by atoms with Crippen LogP contribution < -0.4 is 5.32 Å². The maximum absolute atomic E-state index is 9.03. The second kappa shape index (κ2) is 6.72. The van der Waals surface area contributed by atoms with Crippen LogP contribution in [0.3, 0.4) is 0 Å². The Labute approximate surface area is 106 Å². The van der Waals surface area contributed by atoms with Gasteiger partial charge in [0.15, 0.2) is 0 Å². The molecule has 4 atom stereocenters. The number of rotatable bonds is 8. The number of nitrogens with one attached hydrogen (secondary N) is 1. The first kappa shape index (κ1) is 14.9. The fourth-order valence-corrected chi connectivity index (χ4v) is 2.85. The van der Waals surface area contributed by atoms with Crippen LogP contribution in [0.25, 0.3) is 0 Å². The van der Waals surface area contributed by atoms with E-state index in [1.54, 1.807) is 0 Å². The van der Waals surface area contributed by atoms with Crippen LogP contribution in [0.1, 0.15) is 53.4 Å². The van der Waals surface area contributed by atoms with Crippen LogP contribution in [-0.2, 0) is 4.74 Å². The van der Waals surface area contributed by atoms with Crippen molar-refractivity contribution in [2.24, 2.45) is 5.41 Å². The number of aliphatic hydroxyl groups is 1. The Kier molecular flexibility index (Phi) is 5.90. The molecule has 3 heteroatoms. The SMILES string of the molecule is CCOC1CC(NC(CC)CCO)C1(C)CC. The topological polar surface area (TPSA) is 41.5 Å². The molecule has 0 bridgehead atoms. The minimum Gasteiger partial charge on any atom is -0.396 e. The van der Waals surface area contributed by atoms with Gasteiger partial charge in [0.1, 0.15) is 0 Å². The van der Waals surface area contributed by atoms with E-state index in [1.807, 2.05) is 0 Å². The maximum atomic E-state index is 9.03. The van der Waals surface area contributed by atoms with E-state index in [0.29, 0.717) is 18.2 Å². The minimum atomic E-state index is 0.263. The summed E-state index contributed by atoms with van der Waals surface area (Å²) >= 11 is 0. The van der Waals surface area contributed by atoms with Gasteiger partial charge in [-0.2, -0.15) is 0 Å². The molecule has 17 heavy (non-hydrogen) atoms. The lowest BCUT2D eigenvalue weighted by Gasteiger charge is -2.54. The quantitative estimate of drug-likeness (QED) is 0.687. The predicted octanol–water partition coefficient (Wildman–Crippen LogP) is 2.33. The van der Waals surface area contributed by atoms with Crippen LogP contribution in [0.5, 0.6) is 0 Å². The number of ether oxygens (including phenoxy) is 1. The molecule has 0 amide bonds. The van der Waals surface area contributed by atoms with Gasteiger partial charge in [0, 0.05) is 30.7 Å². The lowest BCUT2D eigenvalue weighted by atomic mass is 9.61. The summed E-state index contributed by atoms with van der Waals surface area (Å²) in [5.74, 6) is 0. The number of hydrogen-bond donors (Lipinski definition) is 2. The zero-order valence-electron chi connectivity index (χ0n) is 11.8. The van der Waals surface area contributed by atoms with Gasteiger partial charge in [-0.3, -0.25) is 0 Å². The standard InChI is InChI=1S/C14H29NO2/c1-5-11(8-9-16)15-12-10-13(17-7-3)14(12,4)6-2/h11-13,15-16H,5-10H2,1-4H3. The third-order valence-electron chi connectivity index (χ3n) is 4.52. The Balaban J connectivity index is 2.50. The van der Waals surface area contributed by atoms with Crippen LogP contribution in [0.2, 0.25) is 0 Å². The fraction of sp³-hybridized carbons (Fsp3) is 1.00. The van der Waals surface area contributed by atoms with Gasteiger partial charge in [0.05, 0.1) is 6.10 Å². The van der Waals surface area contributed by atoms with Crippen molar-refractivity contribution in [1.29, 1.82) is 0 Å². The van der Waals surface area contributed by atoms with E-state index in [9.17, 15) is 0 Å². The second-order valence-corrected chi connectivity index (χ2v) is 5.38. The highest BCUT2D eigenvalue weighted by molar-refractivity contribution is 5.05. The molecule has 1 rings (SSSR count). The molecule has 4 unspecified atom stereocenters. The molecule has 102 valence electrons. The van der Waals surface area contributed by atoms with Gasteiger partial charge in [-0.05, 0) is 32.6 Å². The van der Waals surface area contributed by atoms with Crippen molar-refractivity contribution in [3.63, 3.8) is 0 Å². The Morgan fingerprint density at radius 3 is 2.59 bits per heavy atom. The van der Waals surface area contributed by atoms with Crippen LogP contribution in [0.4, 0.5) is 0 Å². The highest BCUT2D eigenvalue weighted by atomic mass is 16.5. The first-order valence-corrected chi connectivity index (χ1v) is 7.10. The molecule has 1 aliphatic rings. The summed E-state index contributed by atoms with van der Waals surface area (Å²) in [6, 6.07) is 0.985.